The number of anilines is 1. The van der Waals surface area contributed by atoms with E-state index in [1.54, 1.807) is 0 Å². The molecule has 132 valence electrons. The molecule has 0 aliphatic carbocycles. The second-order valence-electron chi connectivity index (χ2n) is 6.87. The summed E-state index contributed by atoms with van der Waals surface area (Å²) in [6.07, 6.45) is 3.78. The predicted octanol–water partition coefficient (Wildman–Crippen LogP) is 4.71. The van der Waals surface area contributed by atoms with E-state index in [1.165, 1.54) is 5.56 Å². The third-order valence-corrected chi connectivity index (χ3v) is 5.19. The van der Waals surface area contributed by atoms with Crippen molar-refractivity contribution in [3.63, 3.8) is 0 Å². The molecular formula is C21H22N4S. The van der Waals surface area contributed by atoms with Gasteiger partial charge in [-0.25, -0.2) is 0 Å². The summed E-state index contributed by atoms with van der Waals surface area (Å²) in [5.41, 5.74) is 4.51. The van der Waals surface area contributed by atoms with Crippen LogP contribution >= 0.6 is 12.2 Å². The van der Waals surface area contributed by atoms with Gasteiger partial charge in [-0.1, -0.05) is 32.0 Å². The number of pyridine rings is 1. The SMILES string of the molecule is CC(C)c1ccc(N2C(=S)NC(c3ccccn3)C2c2ccc[nH]2)cc1. The maximum Gasteiger partial charge on any atom is 0.174 e. The minimum Gasteiger partial charge on any atom is -0.363 e. The lowest BCUT2D eigenvalue weighted by molar-refractivity contribution is 0.558. The third kappa shape index (κ3) is 2.99. The summed E-state index contributed by atoms with van der Waals surface area (Å²) in [7, 11) is 0. The molecule has 4 nitrogen and oxygen atoms in total. The van der Waals surface area contributed by atoms with Crippen molar-refractivity contribution >= 4 is 23.0 Å². The first-order valence-electron chi connectivity index (χ1n) is 8.89. The standard InChI is InChI=1S/C21H22N4S/c1-14(2)15-8-10-16(11-9-15)25-20(18-7-5-13-23-18)19(24-21(25)26)17-6-3-4-12-22-17/h3-14,19-20,23H,1-2H3,(H,24,26). The molecule has 5 heteroatoms. The molecule has 2 unspecified atom stereocenters. The molecule has 2 atom stereocenters. The fourth-order valence-electron chi connectivity index (χ4n) is 3.50. The first-order chi connectivity index (χ1) is 12.6. The summed E-state index contributed by atoms with van der Waals surface area (Å²) in [5.74, 6) is 0.508. The van der Waals surface area contributed by atoms with Gasteiger partial charge < -0.3 is 15.2 Å². The van der Waals surface area contributed by atoms with Crippen molar-refractivity contribution < 1.29 is 0 Å². The lowest BCUT2D eigenvalue weighted by Crippen LogP contribution is -2.29. The van der Waals surface area contributed by atoms with Crippen molar-refractivity contribution in [3.05, 3.63) is 83.9 Å². The summed E-state index contributed by atoms with van der Waals surface area (Å²) in [6.45, 7) is 4.41. The maximum atomic E-state index is 5.71. The molecule has 2 N–H and O–H groups in total. The van der Waals surface area contributed by atoms with Crippen LogP contribution in [0.5, 0.6) is 0 Å². The smallest absolute Gasteiger partial charge is 0.174 e. The van der Waals surface area contributed by atoms with Gasteiger partial charge in [-0.2, -0.15) is 0 Å². The molecule has 3 heterocycles. The van der Waals surface area contributed by atoms with Crippen molar-refractivity contribution in [1.29, 1.82) is 0 Å². The molecule has 1 aromatic carbocycles. The summed E-state index contributed by atoms with van der Waals surface area (Å²) >= 11 is 5.71. The maximum absolute atomic E-state index is 5.71. The molecule has 3 aromatic rings. The van der Waals surface area contributed by atoms with E-state index in [4.69, 9.17) is 12.2 Å². The Kier molecular flexibility index (Phi) is 4.47. The zero-order chi connectivity index (χ0) is 18.1. The molecule has 1 fully saturated rings. The molecule has 0 bridgehead atoms. The van der Waals surface area contributed by atoms with Gasteiger partial charge in [0, 0.05) is 23.8 Å². The number of hydrogen-bond acceptors (Lipinski definition) is 2. The lowest BCUT2D eigenvalue weighted by atomic mass is 10.00. The van der Waals surface area contributed by atoms with Crippen LogP contribution < -0.4 is 10.2 Å². The van der Waals surface area contributed by atoms with E-state index >= 15 is 0 Å². The van der Waals surface area contributed by atoms with Gasteiger partial charge >= 0.3 is 0 Å². The van der Waals surface area contributed by atoms with Gasteiger partial charge in [0.15, 0.2) is 5.11 Å². The number of H-pyrrole nitrogens is 1. The molecule has 4 rings (SSSR count). The first kappa shape index (κ1) is 16.8. The summed E-state index contributed by atoms with van der Waals surface area (Å²) in [4.78, 5) is 10.1. The van der Waals surface area contributed by atoms with Crippen LogP contribution in [0.3, 0.4) is 0 Å². The van der Waals surface area contributed by atoms with Gasteiger partial charge in [-0.15, -0.1) is 0 Å². The molecule has 1 aliphatic heterocycles. The van der Waals surface area contributed by atoms with Crippen LogP contribution in [0.1, 0.15) is 48.8 Å². The fraction of sp³-hybridized carbons (Fsp3) is 0.238. The van der Waals surface area contributed by atoms with Crippen molar-refractivity contribution in [2.45, 2.75) is 31.8 Å². The number of hydrogen-bond donors (Lipinski definition) is 2. The molecule has 26 heavy (non-hydrogen) atoms. The molecule has 0 amide bonds. The lowest BCUT2D eigenvalue weighted by Gasteiger charge is -2.27. The highest BCUT2D eigenvalue weighted by molar-refractivity contribution is 7.80. The van der Waals surface area contributed by atoms with E-state index in [-0.39, 0.29) is 12.1 Å². The van der Waals surface area contributed by atoms with Crippen LogP contribution in [0, 0.1) is 0 Å². The molecule has 0 radical (unpaired) electrons. The molecule has 0 saturated carbocycles. The summed E-state index contributed by atoms with van der Waals surface area (Å²) < 4.78 is 0. The Labute approximate surface area is 159 Å². The Morgan fingerprint density at radius 2 is 1.85 bits per heavy atom. The normalized spacial score (nSPS) is 19.8. The summed E-state index contributed by atoms with van der Waals surface area (Å²) in [5, 5.41) is 4.19. The monoisotopic (exact) mass is 362 g/mol. The molecular weight excluding hydrogens is 340 g/mol. The minimum absolute atomic E-state index is 0.00729. The quantitative estimate of drug-likeness (QED) is 0.660. The second kappa shape index (κ2) is 6.92. The zero-order valence-electron chi connectivity index (χ0n) is 14.9. The Hall–Kier alpha value is -2.66. The van der Waals surface area contributed by atoms with Crippen LogP contribution in [0.2, 0.25) is 0 Å². The number of thiocarbonyl (C=S) groups is 1. The highest BCUT2D eigenvalue weighted by atomic mass is 32.1. The van der Waals surface area contributed by atoms with Gasteiger partial charge in [0.25, 0.3) is 0 Å². The van der Waals surface area contributed by atoms with E-state index < -0.39 is 0 Å². The highest BCUT2D eigenvalue weighted by Crippen LogP contribution is 2.40. The number of benzene rings is 1. The van der Waals surface area contributed by atoms with Crippen molar-refractivity contribution in [2.24, 2.45) is 0 Å². The fourth-order valence-corrected chi connectivity index (χ4v) is 3.84. The van der Waals surface area contributed by atoms with Crippen LogP contribution in [0.25, 0.3) is 0 Å². The van der Waals surface area contributed by atoms with Gasteiger partial charge in [-0.3, -0.25) is 4.98 Å². The van der Waals surface area contributed by atoms with Crippen LogP contribution in [-0.2, 0) is 0 Å². The number of rotatable bonds is 4. The topological polar surface area (TPSA) is 44.0 Å². The number of nitrogens with zero attached hydrogens (tertiary/aromatic N) is 2. The number of aromatic amines is 1. The zero-order valence-corrected chi connectivity index (χ0v) is 15.7. The molecule has 2 aromatic heterocycles. The van der Waals surface area contributed by atoms with E-state index in [0.717, 1.165) is 22.2 Å². The Bertz CT molecular complexity index is 872. The van der Waals surface area contributed by atoms with Crippen molar-refractivity contribution in [3.8, 4) is 0 Å². The molecule has 1 saturated heterocycles. The first-order valence-corrected chi connectivity index (χ1v) is 9.30. The third-order valence-electron chi connectivity index (χ3n) is 4.88. The Morgan fingerprint density at radius 1 is 1.04 bits per heavy atom. The largest absolute Gasteiger partial charge is 0.363 e. The van der Waals surface area contributed by atoms with E-state index in [2.05, 4.69) is 64.4 Å². The Balaban J connectivity index is 1.76. The van der Waals surface area contributed by atoms with Gasteiger partial charge in [0.2, 0.25) is 0 Å². The van der Waals surface area contributed by atoms with Gasteiger partial charge in [0.05, 0.1) is 11.7 Å². The molecule has 1 aliphatic rings. The minimum atomic E-state index is -0.00729. The molecule has 0 spiro atoms. The van der Waals surface area contributed by atoms with Gasteiger partial charge in [0.1, 0.15) is 6.04 Å². The van der Waals surface area contributed by atoms with E-state index in [9.17, 15) is 0 Å². The highest BCUT2D eigenvalue weighted by Gasteiger charge is 2.41. The van der Waals surface area contributed by atoms with Gasteiger partial charge in [-0.05, 0) is 60.1 Å². The second-order valence-corrected chi connectivity index (χ2v) is 7.25. The number of nitrogens with one attached hydrogen (secondary N) is 2. The van der Waals surface area contributed by atoms with Crippen molar-refractivity contribution in [1.82, 2.24) is 15.3 Å². The van der Waals surface area contributed by atoms with Crippen LogP contribution in [0.4, 0.5) is 5.69 Å². The Morgan fingerprint density at radius 3 is 2.46 bits per heavy atom. The van der Waals surface area contributed by atoms with Crippen LogP contribution in [-0.4, -0.2) is 15.1 Å². The number of aromatic nitrogens is 2. The predicted molar refractivity (Wildman–Crippen MR) is 109 cm³/mol. The van der Waals surface area contributed by atoms with E-state index in [1.807, 2.05) is 36.7 Å². The summed E-state index contributed by atoms with van der Waals surface area (Å²) in [6, 6.07) is 18.8. The average molecular weight is 363 g/mol. The van der Waals surface area contributed by atoms with Crippen molar-refractivity contribution in [2.75, 3.05) is 4.90 Å². The van der Waals surface area contributed by atoms with Crippen LogP contribution in [0.15, 0.2) is 67.0 Å². The van der Waals surface area contributed by atoms with E-state index in [0.29, 0.717) is 5.92 Å². The average Bonchev–Trinajstić information content (AvgIpc) is 3.30.